The number of pyridine rings is 2. The number of carboxylic acids is 1. The number of rotatable bonds is 19. The highest BCUT2D eigenvalue weighted by molar-refractivity contribution is 14.1. The highest BCUT2D eigenvalue weighted by atomic mass is 127. The summed E-state index contributed by atoms with van der Waals surface area (Å²) in [6, 6.07) is 50.4. The molecule has 0 aliphatic carbocycles. The summed E-state index contributed by atoms with van der Waals surface area (Å²) in [5.74, 6) is -1.29. The predicted octanol–water partition coefficient (Wildman–Crippen LogP) is 18.6. The Morgan fingerprint density at radius 3 is 1.24 bits per heavy atom. The van der Waals surface area contributed by atoms with Crippen molar-refractivity contribution >= 4 is 229 Å². The number of nitrogens with zero attached hydrogens (tertiary/aromatic N) is 15. The number of hydrogen-bond acceptors (Lipinski definition) is 22. The molecule has 1 aliphatic rings. The number of anilines is 2. The van der Waals surface area contributed by atoms with Crippen LogP contribution in [-0.4, -0.2) is 122 Å². The number of hydrogen-bond donors (Lipinski definition) is 7. The molecule has 1 saturated heterocycles. The summed E-state index contributed by atoms with van der Waals surface area (Å²) in [6.45, 7) is 4.23. The quantitative estimate of drug-likeness (QED) is 0.00752. The van der Waals surface area contributed by atoms with Gasteiger partial charge in [-0.2, -0.15) is 0 Å². The van der Waals surface area contributed by atoms with Crippen molar-refractivity contribution in [1.29, 1.82) is 0 Å². The summed E-state index contributed by atoms with van der Waals surface area (Å²) >= 11 is 40.6. The molecule has 8 N–H and O–H groups in total. The Balaban J connectivity index is 0.000000164. The molecular weight excluding hydrogens is 2190 g/mol. The minimum absolute atomic E-state index is 0.0351. The fourth-order valence-corrected chi connectivity index (χ4v) is 16.6. The van der Waals surface area contributed by atoms with Crippen molar-refractivity contribution in [2.45, 2.75) is 19.6 Å². The van der Waals surface area contributed by atoms with E-state index in [1.54, 1.807) is 149 Å². The Morgan fingerprint density at radius 2 is 0.866 bits per heavy atom. The topological polar surface area (TPSA) is 380 Å². The normalized spacial score (nSPS) is 11.1. The molecule has 1 fully saturated rings. The van der Waals surface area contributed by atoms with E-state index >= 15 is 0 Å². The largest absolute Gasteiger partial charge is 0.477 e. The van der Waals surface area contributed by atoms with Crippen LogP contribution in [0.3, 0.4) is 0 Å². The van der Waals surface area contributed by atoms with Crippen molar-refractivity contribution in [3.8, 4) is 40.8 Å². The zero-order valence-electron chi connectivity index (χ0n) is 64.7. The van der Waals surface area contributed by atoms with Crippen LogP contribution in [0.15, 0.2) is 234 Å². The Labute approximate surface area is 804 Å². The van der Waals surface area contributed by atoms with E-state index in [4.69, 9.17) is 80.8 Å². The van der Waals surface area contributed by atoms with E-state index in [-0.39, 0.29) is 94.5 Å². The second-order valence-corrected chi connectivity index (χ2v) is 37.4. The fraction of sp³-hybridized carbons (Fsp3) is 0.0988. The molecule has 11 heterocycles. The van der Waals surface area contributed by atoms with Gasteiger partial charge in [-0.3, -0.25) is 37.9 Å². The summed E-state index contributed by atoms with van der Waals surface area (Å²) in [5, 5.41) is 49.9. The number of carbonyl (C=O) groups excluding carboxylic acids is 4. The van der Waals surface area contributed by atoms with Crippen molar-refractivity contribution < 1.29 is 46.6 Å². The zero-order chi connectivity index (χ0) is 91.2. The molecule has 652 valence electrons. The van der Waals surface area contributed by atoms with Gasteiger partial charge in [-0.25, -0.2) is 36.4 Å². The number of nitrogens with one attached hydrogen (secondary N) is 5. The van der Waals surface area contributed by atoms with Crippen LogP contribution in [0.2, 0.25) is 21.7 Å². The van der Waals surface area contributed by atoms with Gasteiger partial charge in [-0.15, -0.1) is 78.4 Å². The lowest BCUT2D eigenvalue weighted by atomic mass is 10.2. The van der Waals surface area contributed by atoms with Gasteiger partial charge in [0.2, 0.25) is 0 Å². The summed E-state index contributed by atoms with van der Waals surface area (Å²) in [5.41, 5.74) is 18.2. The molecule has 15 aromatic rings. The number of carboxylic acid groups (broad SMARTS) is 1. The SMILES string of the molecule is C#CCNC(=O)c1ccc(Cl)s1.Nc1ccc(I)cc1F.O=C(NCc1cn(-c2ccc(-n3ccccc3=O)cc2F)nn1)c1ccc(Cl)s1.O=C(NCc1cn(-c2ccc(-n3ccccc3=O)cc2N2CCNCC2)nn1)c1ccc(Cl)s1.O=C(NCc1cn(-c2ccc(I)cc2F)nn1)c1ccc(Cl)s1.O=C(O)c1ccc(Cl)s1.[N-]=[N+]=Nc1ccc(I)cc1F. The number of piperazine rings is 1. The van der Waals surface area contributed by atoms with Gasteiger partial charge in [0.1, 0.15) is 50.8 Å². The predicted molar refractivity (Wildman–Crippen MR) is 513 cm³/mol. The van der Waals surface area contributed by atoms with Crippen molar-refractivity contribution in [2.75, 3.05) is 43.4 Å². The van der Waals surface area contributed by atoms with Crippen LogP contribution in [0.1, 0.15) is 65.4 Å². The van der Waals surface area contributed by atoms with Gasteiger partial charge in [-0.1, -0.05) is 96.8 Å². The summed E-state index contributed by atoms with van der Waals surface area (Å²) in [7, 11) is 0. The van der Waals surface area contributed by atoms with Crippen molar-refractivity contribution in [3.05, 3.63) is 347 Å². The number of terminal acetylenes is 1. The zero-order valence-corrected chi connectivity index (χ0v) is 79.0. The Bertz CT molecular complexity index is 6610. The molecule has 5 aromatic carbocycles. The molecule has 0 bridgehead atoms. The number of azide groups is 1. The molecular formula is C81H61Cl5F4I3N21O8S5. The first-order valence-electron chi connectivity index (χ1n) is 36.2. The van der Waals surface area contributed by atoms with E-state index < -0.39 is 17.6 Å². The average molecular weight is 2250 g/mol. The third-order valence-corrected chi connectivity index (χ3v) is 24.6. The number of aromatic carboxylic acids is 1. The number of halogens is 12. The number of nitrogen functional groups attached to an aromatic ring is 1. The molecule has 1 aliphatic heterocycles. The first-order chi connectivity index (χ1) is 61.0. The van der Waals surface area contributed by atoms with E-state index in [9.17, 15) is 51.1 Å². The Kier molecular flexibility index (Phi) is 37.8. The van der Waals surface area contributed by atoms with E-state index in [1.807, 2.05) is 92.0 Å². The van der Waals surface area contributed by atoms with Crippen molar-refractivity contribution in [1.82, 2.24) is 80.7 Å². The molecule has 4 amide bonds. The van der Waals surface area contributed by atoms with Gasteiger partial charge in [0, 0.05) is 72.4 Å². The van der Waals surface area contributed by atoms with E-state index in [1.165, 1.54) is 114 Å². The minimum Gasteiger partial charge on any atom is -0.477 e. The first-order valence-corrected chi connectivity index (χ1v) is 45.4. The maximum absolute atomic E-state index is 14.6. The molecule has 46 heteroatoms. The summed E-state index contributed by atoms with van der Waals surface area (Å²) in [6.07, 6.45) is 13.2. The van der Waals surface area contributed by atoms with Crippen LogP contribution < -0.4 is 48.3 Å². The van der Waals surface area contributed by atoms with Gasteiger partial charge >= 0.3 is 5.97 Å². The highest BCUT2D eigenvalue weighted by Crippen LogP contribution is 2.31. The van der Waals surface area contributed by atoms with Gasteiger partial charge in [0.05, 0.1) is 120 Å². The Hall–Kier alpha value is -10.9. The molecule has 0 spiro atoms. The Morgan fingerprint density at radius 1 is 0.488 bits per heavy atom. The third kappa shape index (κ3) is 29.8. The van der Waals surface area contributed by atoms with Gasteiger partial charge < -0.3 is 42.3 Å². The van der Waals surface area contributed by atoms with E-state index in [0.717, 1.165) is 65.3 Å². The maximum atomic E-state index is 14.6. The smallest absolute Gasteiger partial charge is 0.345 e. The number of thiophene rings is 5. The summed E-state index contributed by atoms with van der Waals surface area (Å²) < 4.78 is 66.2. The summed E-state index contributed by atoms with van der Waals surface area (Å²) in [4.78, 5) is 89.0. The second-order valence-electron chi connectivity index (χ2n) is 25.1. The lowest BCUT2D eigenvalue weighted by molar-refractivity contribution is 0.0700. The second kappa shape index (κ2) is 48.8. The standard InChI is InChI=1S/C23H22ClN7O2S.C19H13ClFN5O2S.C14H9ClFIN4OS.C8H6ClNOS.C6H3FIN3.C6H5FIN.C5H3ClO2S/c24-21-7-6-20(34-21)23(33)26-14-16-15-31(28-27-16)18-5-4-17(30-10-2-1-3-22(30)32)13-19(18)29-11-8-25-9-12-29;20-17-7-6-16(29-17)19(28)22-10-12-11-26(24-23-12)15-5-4-13(9-14(15)21)25-8-2-1-3-18(25)27;15-13-4-3-12(23-13)14(22)18-6-9-7-21(20-19-9)11-2-1-8(17)5-10(11)16;1-2-5-10-8(11)6-3-4-7(9)12-6;7-5-3-4(8)1-2-6(5)10-11-9;7-5-3-4(8)1-2-6(5)9;6-4-2-1-3(9-4)5(7)8/h1-7,10,13,15,25H,8-9,11-12,14H2,(H,26,33);1-9,11H,10H2,(H,22,28);1-5,7H,6H2,(H,18,22);1,3-4H,5H2,(H,10,11);1-3H;1-3H,9H2;1-2H,(H,7,8). The maximum Gasteiger partial charge on any atom is 0.345 e. The molecule has 29 nitrogen and oxygen atoms in total. The van der Waals surface area contributed by atoms with Crippen molar-refractivity contribution in [3.63, 3.8) is 0 Å². The third-order valence-electron chi connectivity index (χ3n) is 16.5. The molecule has 0 unspecified atom stereocenters. The number of carbonyl (C=O) groups is 5. The van der Waals surface area contributed by atoms with Crippen LogP contribution >= 0.6 is 182 Å². The fourth-order valence-electron chi connectivity index (χ4n) is 10.6. The molecule has 10 aromatic heterocycles. The highest BCUT2D eigenvalue weighted by Gasteiger charge is 2.21. The number of benzene rings is 5. The van der Waals surface area contributed by atoms with Crippen LogP contribution in [0.25, 0.3) is 38.9 Å². The van der Waals surface area contributed by atoms with Crippen molar-refractivity contribution in [2.24, 2.45) is 5.11 Å². The van der Waals surface area contributed by atoms with E-state index in [2.05, 4.69) is 78.4 Å². The molecule has 127 heavy (non-hydrogen) atoms. The minimum atomic E-state index is -0.924. The average Bonchev–Trinajstić information content (AvgIpc) is 1.76. The molecule has 0 saturated carbocycles. The number of aromatic nitrogens is 11. The van der Waals surface area contributed by atoms with Crippen LogP contribution in [0.5, 0.6) is 0 Å². The van der Waals surface area contributed by atoms with Gasteiger partial charge in [0.15, 0.2) is 5.82 Å². The molecule has 0 radical (unpaired) electrons. The lowest BCUT2D eigenvalue weighted by Gasteiger charge is -2.31. The van der Waals surface area contributed by atoms with Crippen LogP contribution in [0.4, 0.5) is 34.6 Å². The van der Waals surface area contributed by atoms with Gasteiger partial charge in [0.25, 0.3) is 34.7 Å². The molecule has 0 atom stereocenters. The lowest BCUT2D eigenvalue weighted by Crippen LogP contribution is -2.44. The molecule has 16 rings (SSSR count). The van der Waals surface area contributed by atoms with Gasteiger partial charge in [-0.05, 0) is 231 Å². The van der Waals surface area contributed by atoms with E-state index in [0.29, 0.717) is 69.6 Å². The number of amides is 4. The number of nitrogens with two attached hydrogens (primary N) is 1. The van der Waals surface area contributed by atoms with Crippen LogP contribution in [-0.2, 0) is 19.6 Å². The monoisotopic (exact) mass is 2250 g/mol. The first kappa shape index (κ1) is 98.2. The van der Waals surface area contributed by atoms with Crippen LogP contribution in [0, 0.1) is 46.3 Å².